The first kappa shape index (κ1) is 24.3. The third-order valence-corrected chi connectivity index (χ3v) is 5.81. The van der Waals surface area contributed by atoms with E-state index in [-0.39, 0.29) is 24.0 Å². The molecule has 4 rings (SSSR count). The van der Waals surface area contributed by atoms with Gasteiger partial charge in [0, 0.05) is 16.1 Å². The summed E-state index contributed by atoms with van der Waals surface area (Å²) in [4.78, 5) is 30.1. The van der Waals surface area contributed by atoms with Crippen LogP contribution in [0.5, 0.6) is 5.75 Å². The molecule has 4 aromatic rings. The number of carbonyl (C=O) groups is 1. The summed E-state index contributed by atoms with van der Waals surface area (Å²) in [6.07, 6.45) is 1.58. The van der Waals surface area contributed by atoms with Crippen molar-refractivity contribution in [2.24, 2.45) is 5.10 Å². The molecule has 178 valence electrons. The van der Waals surface area contributed by atoms with E-state index in [0.29, 0.717) is 22.5 Å². The molecule has 3 aromatic carbocycles. The molecule has 0 aliphatic carbocycles. The van der Waals surface area contributed by atoms with Gasteiger partial charge in [-0.05, 0) is 54.4 Å². The Hall–Kier alpha value is -3.78. The second-order valence-corrected chi connectivity index (χ2v) is 9.29. The van der Waals surface area contributed by atoms with Gasteiger partial charge in [-0.2, -0.15) is 9.78 Å². The number of carbonyl (C=O) groups excluding carboxylic acids is 1. The molecular weight excluding hydrogens is 508 g/mol. The van der Waals surface area contributed by atoms with E-state index in [2.05, 4.69) is 31.3 Å². The van der Waals surface area contributed by atoms with Crippen LogP contribution in [0.3, 0.4) is 0 Å². The molecule has 1 amide bonds. The standard InChI is InChI=1S/C27H25BrN4O3/c1-17(2)26-31-24-12-11-20(28)14-22(24)27(34)32(26)29-15-19-8-6-9-21(13-19)35-16-25(33)30-23-10-5-4-7-18(23)3/h4-15,17H,16H2,1-3H3,(H,30,33). The quantitative estimate of drug-likeness (QED) is 0.319. The Kier molecular flexibility index (Phi) is 7.41. The number of para-hydroxylation sites is 1. The molecular formula is C27H25BrN4O3. The van der Waals surface area contributed by atoms with Crippen molar-refractivity contribution in [2.45, 2.75) is 26.7 Å². The van der Waals surface area contributed by atoms with Crippen molar-refractivity contribution in [1.82, 2.24) is 9.66 Å². The fourth-order valence-electron chi connectivity index (χ4n) is 3.51. The molecule has 0 atom stereocenters. The number of hydrogen-bond acceptors (Lipinski definition) is 5. The lowest BCUT2D eigenvalue weighted by molar-refractivity contribution is -0.118. The summed E-state index contributed by atoms with van der Waals surface area (Å²) in [5.74, 6) is 0.835. The Bertz CT molecular complexity index is 1480. The van der Waals surface area contributed by atoms with Crippen LogP contribution in [-0.2, 0) is 4.79 Å². The van der Waals surface area contributed by atoms with E-state index in [1.54, 1.807) is 30.5 Å². The smallest absolute Gasteiger partial charge is 0.282 e. The van der Waals surface area contributed by atoms with Gasteiger partial charge in [-0.25, -0.2) is 4.98 Å². The lowest BCUT2D eigenvalue weighted by atomic mass is 10.2. The van der Waals surface area contributed by atoms with Crippen LogP contribution >= 0.6 is 15.9 Å². The first-order valence-electron chi connectivity index (χ1n) is 11.2. The van der Waals surface area contributed by atoms with Gasteiger partial charge in [0.15, 0.2) is 6.61 Å². The lowest BCUT2D eigenvalue weighted by Crippen LogP contribution is -2.23. The Balaban J connectivity index is 1.53. The summed E-state index contributed by atoms with van der Waals surface area (Å²) in [5.41, 5.74) is 2.84. The number of nitrogens with zero attached hydrogens (tertiary/aromatic N) is 3. The molecule has 0 saturated carbocycles. The maximum absolute atomic E-state index is 13.2. The number of amides is 1. The number of ether oxygens (including phenoxy) is 1. The highest BCUT2D eigenvalue weighted by molar-refractivity contribution is 9.10. The van der Waals surface area contributed by atoms with Crippen LogP contribution in [0.2, 0.25) is 0 Å². The van der Waals surface area contributed by atoms with Crippen LogP contribution in [0.15, 0.2) is 81.1 Å². The van der Waals surface area contributed by atoms with Crippen LogP contribution in [-0.4, -0.2) is 28.4 Å². The van der Waals surface area contributed by atoms with E-state index in [1.165, 1.54) is 4.68 Å². The first-order chi connectivity index (χ1) is 16.8. The summed E-state index contributed by atoms with van der Waals surface area (Å²) in [5, 5.41) is 7.77. The van der Waals surface area contributed by atoms with E-state index in [4.69, 9.17) is 4.74 Å². The Labute approximate surface area is 211 Å². The molecule has 8 heteroatoms. The Morgan fingerprint density at radius 2 is 1.94 bits per heavy atom. The highest BCUT2D eigenvalue weighted by Crippen LogP contribution is 2.19. The summed E-state index contributed by atoms with van der Waals surface area (Å²) >= 11 is 3.41. The summed E-state index contributed by atoms with van der Waals surface area (Å²) < 4.78 is 7.80. The normalized spacial score (nSPS) is 11.3. The van der Waals surface area contributed by atoms with Crippen LogP contribution in [0.4, 0.5) is 5.69 Å². The molecule has 0 fully saturated rings. The second kappa shape index (κ2) is 10.7. The van der Waals surface area contributed by atoms with Gasteiger partial charge in [-0.3, -0.25) is 9.59 Å². The van der Waals surface area contributed by atoms with Crippen molar-refractivity contribution in [3.05, 3.63) is 98.5 Å². The molecule has 0 aliphatic rings. The van der Waals surface area contributed by atoms with E-state index >= 15 is 0 Å². The molecule has 0 saturated heterocycles. The van der Waals surface area contributed by atoms with Gasteiger partial charge in [0.25, 0.3) is 11.5 Å². The topological polar surface area (TPSA) is 85.6 Å². The van der Waals surface area contributed by atoms with E-state index < -0.39 is 0 Å². The largest absolute Gasteiger partial charge is 0.484 e. The monoisotopic (exact) mass is 532 g/mol. The first-order valence-corrected chi connectivity index (χ1v) is 12.0. The van der Waals surface area contributed by atoms with Crippen LogP contribution in [0, 0.1) is 6.92 Å². The predicted octanol–water partition coefficient (Wildman–Crippen LogP) is 5.49. The Morgan fingerprint density at radius 3 is 2.71 bits per heavy atom. The number of fused-ring (bicyclic) bond motifs is 1. The molecule has 0 bridgehead atoms. The highest BCUT2D eigenvalue weighted by atomic mass is 79.9. The summed E-state index contributed by atoms with van der Waals surface area (Å²) in [7, 11) is 0. The number of aromatic nitrogens is 2. The maximum atomic E-state index is 13.2. The van der Waals surface area contributed by atoms with Crippen molar-refractivity contribution in [2.75, 3.05) is 11.9 Å². The molecule has 1 heterocycles. The summed E-state index contributed by atoms with van der Waals surface area (Å²) in [6, 6.07) is 20.2. The van der Waals surface area contributed by atoms with Gasteiger partial charge in [0.05, 0.1) is 17.1 Å². The fraction of sp³-hybridized carbons (Fsp3) is 0.185. The van der Waals surface area contributed by atoms with Gasteiger partial charge in [-0.15, -0.1) is 0 Å². The molecule has 0 spiro atoms. The number of benzene rings is 3. The average molecular weight is 533 g/mol. The molecule has 35 heavy (non-hydrogen) atoms. The number of anilines is 1. The lowest BCUT2D eigenvalue weighted by Gasteiger charge is -2.12. The third-order valence-electron chi connectivity index (χ3n) is 5.32. The van der Waals surface area contributed by atoms with E-state index in [0.717, 1.165) is 21.3 Å². The molecule has 0 unspecified atom stereocenters. The molecule has 0 radical (unpaired) electrons. The number of hydrogen-bond donors (Lipinski definition) is 1. The van der Waals surface area contributed by atoms with E-state index in [1.807, 2.05) is 63.2 Å². The highest BCUT2D eigenvalue weighted by Gasteiger charge is 2.14. The molecule has 1 N–H and O–H groups in total. The zero-order valence-corrected chi connectivity index (χ0v) is 21.2. The van der Waals surface area contributed by atoms with Crippen LogP contribution in [0.1, 0.15) is 36.7 Å². The van der Waals surface area contributed by atoms with Gasteiger partial charge < -0.3 is 10.1 Å². The van der Waals surface area contributed by atoms with Gasteiger partial charge in [-0.1, -0.05) is 60.1 Å². The second-order valence-electron chi connectivity index (χ2n) is 8.37. The minimum atomic E-state index is -0.250. The number of rotatable bonds is 7. The predicted molar refractivity (Wildman–Crippen MR) is 143 cm³/mol. The van der Waals surface area contributed by atoms with Crippen molar-refractivity contribution in [3.63, 3.8) is 0 Å². The number of halogens is 1. The molecule has 7 nitrogen and oxygen atoms in total. The molecule has 1 aromatic heterocycles. The minimum absolute atomic E-state index is 0.00525. The van der Waals surface area contributed by atoms with Crippen LogP contribution < -0.4 is 15.6 Å². The summed E-state index contributed by atoms with van der Waals surface area (Å²) in [6.45, 7) is 5.73. The average Bonchev–Trinajstić information content (AvgIpc) is 2.84. The van der Waals surface area contributed by atoms with Crippen molar-refractivity contribution < 1.29 is 9.53 Å². The number of aryl methyl sites for hydroxylation is 1. The van der Waals surface area contributed by atoms with Gasteiger partial charge in [0.1, 0.15) is 11.6 Å². The molecule has 0 aliphatic heterocycles. The fourth-order valence-corrected chi connectivity index (χ4v) is 3.87. The Morgan fingerprint density at radius 1 is 1.14 bits per heavy atom. The number of nitrogens with one attached hydrogen (secondary N) is 1. The van der Waals surface area contributed by atoms with Gasteiger partial charge >= 0.3 is 0 Å². The maximum Gasteiger partial charge on any atom is 0.282 e. The van der Waals surface area contributed by atoms with Crippen molar-refractivity contribution >= 4 is 44.6 Å². The zero-order valence-electron chi connectivity index (χ0n) is 19.7. The zero-order chi connectivity index (χ0) is 24.9. The third kappa shape index (κ3) is 5.84. The SMILES string of the molecule is Cc1ccccc1NC(=O)COc1cccc(C=Nn2c(C(C)C)nc3ccc(Br)cc3c2=O)c1. The van der Waals surface area contributed by atoms with Crippen molar-refractivity contribution in [3.8, 4) is 5.75 Å². The van der Waals surface area contributed by atoms with Gasteiger partial charge in [0.2, 0.25) is 0 Å². The van der Waals surface area contributed by atoms with Crippen LogP contribution in [0.25, 0.3) is 10.9 Å². The minimum Gasteiger partial charge on any atom is -0.484 e. The van der Waals surface area contributed by atoms with Crippen molar-refractivity contribution in [1.29, 1.82) is 0 Å². The van der Waals surface area contributed by atoms with E-state index in [9.17, 15) is 9.59 Å².